The molecule has 2 aromatic carbocycles. The molecule has 0 aliphatic heterocycles. The number of anilines is 2. The number of hydrogen-bond acceptors (Lipinski definition) is 4. The predicted molar refractivity (Wildman–Crippen MR) is 87.4 cm³/mol. The average Bonchev–Trinajstić information content (AvgIpc) is 2.59. The van der Waals surface area contributed by atoms with Crippen molar-refractivity contribution >= 4 is 17.3 Å². The van der Waals surface area contributed by atoms with Crippen molar-refractivity contribution in [1.29, 1.82) is 0 Å². The minimum atomic E-state index is -4.48. The third kappa shape index (κ3) is 5.47. The number of benzene rings is 2. The van der Waals surface area contributed by atoms with Gasteiger partial charge < -0.3 is 20.8 Å². The van der Waals surface area contributed by atoms with Crippen LogP contribution in [0.25, 0.3) is 0 Å². The molecule has 0 spiro atoms. The molecular formula is C17H17F3N2O3. The van der Waals surface area contributed by atoms with Crippen LogP contribution in [0.15, 0.2) is 48.5 Å². The van der Waals surface area contributed by atoms with Gasteiger partial charge in [-0.2, -0.15) is 13.2 Å². The fourth-order valence-corrected chi connectivity index (χ4v) is 2.02. The summed E-state index contributed by atoms with van der Waals surface area (Å²) >= 11 is 0. The van der Waals surface area contributed by atoms with E-state index in [-0.39, 0.29) is 24.4 Å². The van der Waals surface area contributed by atoms with Crippen LogP contribution in [0.1, 0.15) is 15.9 Å². The van der Waals surface area contributed by atoms with Gasteiger partial charge in [0.2, 0.25) is 0 Å². The zero-order chi connectivity index (χ0) is 18.4. The van der Waals surface area contributed by atoms with Gasteiger partial charge >= 0.3 is 6.18 Å². The van der Waals surface area contributed by atoms with Crippen molar-refractivity contribution in [1.82, 2.24) is 0 Å². The Kier molecular flexibility index (Phi) is 6.00. The Morgan fingerprint density at radius 3 is 2.36 bits per heavy atom. The molecule has 1 unspecified atom stereocenters. The quantitative estimate of drug-likeness (QED) is 0.643. The number of carbonyl (C=O) groups excluding carboxylic acids is 1. The molecule has 0 bridgehead atoms. The molecule has 5 nitrogen and oxygen atoms in total. The van der Waals surface area contributed by atoms with Crippen molar-refractivity contribution in [2.24, 2.45) is 0 Å². The van der Waals surface area contributed by atoms with Crippen molar-refractivity contribution < 1.29 is 28.2 Å². The summed E-state index contributed by atoms with van der Waals surface area (Å²) in [5, 5.41) is 23.3. The van der Waals surface area contributed by atoms with Gasteiger partial charge in [0, 0.05) is 23.5 Å². The topological polar surface area (TPSA) is 81.6 Å². The van der Waals surface area contributed by atoms with E-state index in [0.717, 1.165) is 12.1 Å². The van der Waals surface area contributed by atoms with Crippen LogP contribution in [0.5, 0.6) is 0 Å². The molecule has 0 saturated carbocycles. The van der Waals surface area contributed by atoms with Gasteiger partial charge in [0.15, 0.2) is 0 Å². The number of aliphatic hydroxyl groups excluding tert-OH is 2. The fraction of sp³-hybridized carbons (Fsp3) is 0.235. The van der Waals surface area contributed by atoms with E-state index in [2.05, 4.69) is 10.6 Å². The summed E-state index contributed by atoms with van der Waals surface area (Å²) in [4.78, 5) is 12.1. The third-order valence-electron chi connectivity index (χ3n) is 3.35. The lowest BCUT2D eigenvalue weighted by Gasteiger charge is -2.11. The van der Waals surface area contributed by atoms with Crippen LogP contribution in [0.3, 0.4) is 0 Å². The van der Waals surface area contributed by atoms with E-state index >= 15 is 0 Å². The minimum absolute atomic E-state index is 0.0492. The first-order valence-electron chi connectivity index (χ1n) is 7.41. The Labute approximate surface area is 142 Å². The summed E-state index contributed by atoms with van der Waals surface area (Å²) in [6, 6.07) is 10.6. The van der Waals surface area contributed by atoms with Gasteiger partial charge in [-0.25, -0.2) is 0 Å². The van der Waals surface area contributed by atoms with Gasteiger partial charge in [0.1, 0.15) is 0 Å². The molecule has 0 heterocycles. The summed E-state index contributed by atoms with van der Waals surface area (Å²) in [6.07, 6.45) is -5.38. The zero-order valence-corrected chi connectivity index (χ0v) is 13.0. The smallest absolute Gasteiger partial charge is 0.394 e. The van der Waals surface area contributed by atoms with Crippen LogP contribution in [0, 0.1) is 0 Å². The van der Waals surface area contributed by atoms with Gasteiger partial charge in [0.25, 0.3) is 5.91 Å². The van der Waals surface area contributed by atoms with Crippen molar-refractivity contribution in [3.05, 3.63) is 59.7 Å². The second-order valence-electron chi connectivity index (χ2n) is 5.33. The first-order valence-corrected chi connectivity index (χ1v) is 7.41. The second kappa shape index (κ2) is 8.00. The van der Waals surface area contributed by atoms with E-state index in [1.165, 1.54) is 24.3 Å². The monoisotopic (exact) mass is 354 g/mol. The third-order valence-corrected chi connectivity index (χ3v) is 3.35. The molecule has 1 amide bonds. The Hall–Kier alpha value is -2.58. The lowest BCUT2D eigenvalue weighted by Crippen LogP contribution is -2.22. The number of rotatable bonds is 6. The molecule has 2 aromatic rings. The maximum absolute atomic E-state index is 12.7. The molecule has 134 valence electrons. The van der Waals surface area contributed by atoms with Crippen LogP contribution in [0.2, 0.25) is 0 Å². The molecule has 0 aromatic heterocycles. The molecule has 0 fully saturated rings. The second-order valence-corrected chi connectivity index (χ2v) is 5.33. The van der Waals surface area contributed by atoms with Crippen molar-refractivity contribution in [3.63, 3.8) is 0 Å². The number of nitrogens with one attached hydrogen (secondary N) is 2. The number of halogens is 3. The number of aliphatic hydroxyl groups is 2. The van der Waals surface area contributed by atoms with Gasteiger partial charge in [-0.1, -0.05) is 6.07 Å². The SMILES string of the molecule is O=C(Nc1cccc(C(F)(F)F)c1)c1ccc(NCC(O)CO)cc1. The Morgan fingerprint density at radius 2 is 1.76 bits per heavy atom. The zero-order valence-electron chi connectivity index (χ0n) is 13.0. The molecule has 1 atom stereocenters. The van der Waals surface area contributed by atoms with E-state index in [4.69, 9.17) is 5.11 Å². The lowest BCUT2D eigenvalue weighted by atomic mass is 10.1. The van der Waals surface area contributed by atoms with Gasteiger partial charge in [-0.3, -0.25) is 4.79 Å². The van der Waals surface area contributed by atoms with E-state index in [9.17, 15) is 23.1 Å². The molecule has 8 heteroatoms. The number of amides is 1. The molecule has 0 aliphatic carbocycles. The van der Waals surface area contributed by atoms with Gasteiger partial charge in [-0.15, -0.1) is 0 Å². The molecule has 0 saturated heterocycles. The van der Waals surface area contributed by atoms with E-state index in [1.807, 2.05) is 0 Å². The molecule has 0 aliphatic rings. The summed E-state index contributed by atoms with van der Waals surface area (Å²) < 4.78 is 38.0. The maximum atomic E-state index is 12.7. The summed E-state index contributed by atoms with van der Waals surface area (Å²) in [7, 11) is 0. The van der Waals surface area contributed by atoms with Crippen LogP contribution in [-0.2, 0) is 6.18 Å². The number of carbonyl (C=O) groups is 1. The maximum Gasteiger partial charge on any atom is 0.416 e. The van der Waals surface area contributed by atoms with Gasteiger partial charge in [-0.05, 0) is 42.5 Å². The van der Waals surface area contributed by atoms with E-state index < -0.39 is 23.8 Å². The molecule has 0 radical (unpaired) electrons. The summed E-state index contributed by atoms with van der Waals surface area (Å²) in [5.41, 5.74) is 0.106. The Morgan fingerprint density at radius 1 is 1.08 bits per heavy atom. The fourth-order valence-electron chi connectivity index (χ4n) is 2.02. The van der Waals surface area contributed by atoms with Crippen molar-refractivity contribution in [2.75, 3.05) is 23.8 Å². The average molecular weight is 354 g/mol. The normalized spacial score (nSPS) is 12.5. The predicted octanol–water partition coefficient (Wildman–Crippen LogP) is 2.72. The highest BCUT2D eigenvalue weighted by Gasteiger charge is 2.30. The van der Waals surface area contributed by atoms with Crippen LogP contribution in [-0.4, -0.2) is 35.4 Å². The Bertz CT molecular complexity index is 718. The van der Waals surface area contributed by atoms with E-state index in [0.29, 0.717) is 5.69 Å². The highest BCUT2D eigenvalue weighted by atomic mass is 19.4. The highest BCUT2D eigenvalue weighted by Crippen LogP contribution is 2.30. The molecule has 25 heavy (non-hydrogen) atoms. The molecular weight excluding hydrogens is 337 g/mol. The standard InChI is InChI=1S/C17H17F3N2O3/c18-17(19,20)12-2-1-3-14(8-12)22-16(25)11-4-6-13(7-5-11)21-9-15(24)10-23/h1-8,15,21,23-24H,9-10H2,(H,22,25). The molecule has 4 N–H and O–H groups in total. The first-order chi connectivity index (χ1) is 11.8. The van der Waals surface area contributed by atoms with Crippen LogP contribution >= 0.6 is 0 Å². The highest BCUT2D eigenvalue weighted by molar-refractivity contribution is 6.04. The number of hydrogen-bond donors (Lipinski definition) is 4. The Balaban J connectivity index is 2.01. The van der Waals surface area contributed by atoms with Crippen molar-refractivity contribution in [2.45, 2.75) is 12.3 Å². The summed E-state index contributed by atoms with van der Waals surface area (Å²) in [5.74, 6) is -0.540. The largest absolute Gasteiger partial charge is 0.416 e. The summed E-state index contributed by atoms with van der Waals surface area (Å²) in [6.45, 7) is -0.225. The number of alkyl halides is 3. The van der Waals surface area contributed by atoms with Crippen molar-refractivity contribution in [3.8, 4) is 0 Å². The minimum Gasteiger partial charge on any atom is -0.394 e. The van der Waals surface area contributed by atoms with Crippen LogP contribution in [0.4, 0.5) is 24.5 Å². The first kappa shape index (κ1) is 18.8. The lowest BCUT2D eigenvalue weighted by molar-refractivity contribution is -0.137. The van der Waals surface area contributed by atoms with E-state index in [1.54, 1.807) is 12.1 Å². The molecule has 2 rings (SSSR count). The van der Waals surface area contributed by atoms with Gasteiger partial charge in [0.05, 0.1) is 18.3 Å². The van der Waals surface area contributed by atoms with Crippen LogP contribution < -0.4 is 10.6 Å².